The smallest absolute Gasteiger partial charge is 0.282 e. The third-order valence-electron chi connectivity index (χ3n) is 4.72. The molecule has 3 aromatic heterocycles. The van der Waals surface area contributed by atoms with Gasteiger partial charge in [-0.1, -0.05) is 18.2 Å². The number of imidazole rings is 1. The molecule has 0 bridgehead atoms. The second-order valence-corrected chi connectivity index (χ2v) is 7.82. The molecule has 154 valence electrons. The van der Waals surface area contributed by atoms with Gasteiger partial charge in [0, 0.05) is 16.9 Å². The van der Waals surface area contributed by atoms with E-state index in [2.05, 4.69) is 24.8 Å². The van der Waals surface area contributed by atoms with Gasteiger partial charge >= 0.3 is 0 Å². The van der Waals surface area contributed by atoms with Crippen molar-refractivity contribution in [3.05, 3.63) is 65.7 Å². The average molecular weight is 428 g/mol. The first-order valence-electron chi connectivity index (χ1n) is 9.05. The summed E-state index contributed by atoms with van der Waals surface area (Å²) in [7, 11) is 0. The summed E-state index contributed by atoms with van der Waals surface area (Å²) in [5.41, 5.74) is 4.70. The van der Waals surface area contributed by atoms with E-state index < -0.39 is 17.8 Å². The zero-order chi connectivity index (χ0) is 21.3. The SMILES string of the molecule is Cc1c(CN[S+](C)[O-])cccc1-c1cc(-c2cnc3ccc(C(F)F)nn23)ncn1. The zero-order valence-corrected chi connectivity index (χ0v) is 17.0. The fraction of sp³-hybridized carbons (Fsp3) is 0.200. The molecule has 30 heavy (non-hydrogen) atoms. The molecule has 4 rings (SSSR count). The number of hydrogen-bond acceptors (Lipinski definition) is 6. The predicted molar refractivity (Wildman–Crippen MR) is 110 cm³/mol. The molecule has 4 aromatic rings. The largest absolute Gasteiger partial charge is 0.598 e. The molecule has 0 aliphatic rings. The van der Waals surface area contributed by atoms with Gasteiger partial charge in [-0.2, -0.15) is 5.10 Å². The molecular weight excluding hydrogens is 410 g/mol. The van der Waals surface area contributed by atoms with Crippen LogP contribution in [0.1, 0.15) is 23.2 Å². The summed E-state index contributed by atoms with van der Waals surface area (Å²) in [6, 6.07) is 10.3. The number of nitrogens with one attached hydrogen (secondary N) is 1. The summed E-state index contributed by atoms with van der Waals surface area (Å²) in [6.07, 6.45) is 1.88. The second-order valence-electron chi connectivity index (χ2n) is 6.63. The Kier molecular flexibility index (Phi) is 5.71. The monoisotopic (exact) mass is 428 g/mol. The van der Waals surface area contributed by atoms with Gasteiger partial charge in [-0.15, -0.1) is 4.72 Å². The quantitative estimate of drug-likeness (QED) is 0.473. The van der Waals surface area contributed by atoms with Crippen LogP contribution in [-0.2, 0) is 17.9 Å². The molecule has 0 radical (unpaired) electrons. The minimum Gasteiger partial charge on any atom is -0.598 e. The lowest BCUT2D eigenvalue weighted by atomic mass is 9.99. The highest BCUT2D eigenvalue weighted by atomic mass is 32.2. The van der Waals surface area contributed by atoms with Gasteiger partial charge < -0.3 is 4.55 Å². The molecular formula is C20H18F2N6OS. The molecule has 0 fully saturated rings. The van der Waals surface area contributed by atoms with E-state index in [4.69, 9.17) is 0 Å². The topological polar surface area (TPSA) is 91.1 Å². The fourth-order valence-corrected chi connectivity index (χ4v) is 3.51. The molecule has 3 heterocycles. The first-order valence-corrected chi connectivity index (χ1v) is 10.6. The van der Waals surface area contributed by atoms with Crippen molar-refractivity contribution in [3.63, 3.8) is 0 Å². The fourth-order valence-electron chi connectivity index (χ4n) is 3.16. The van der Waals surface area contributed by atoms with Crippen LogP contribution in [0, 0.1) is 6.92 Å². The van der Waals surface area contributed by atoms with Crippen molar-refractivity contribution in [1.29, 1.82) is 0 Å². The van der Waals surface area contributed by atoms with Crippen molar-refractivity contribution in [2.75, 3.05) is 6.26 Å². The van der Waals surface area contributed by atoms with Crippen molar-refractivity contribution in [2.24, 2.45) is 0 Å². The van der Waals surface area contributed by atoms with Gasteiger partial charge in [-0.3, -0.25) is 0 Å². The van der Waals surface area contributed by atoms with Crippen LogP contribution >= 0.6 is 0 Å². The normalized spacial score (nSPS) is 12.6. The molecule has 0 saturated heterocycles. The minimum absolute atomic E-state index is 0.333. The Labute approximate surface area is 174 Å². The van der Waals surface area contributed by atoms with Crippen LogP contribution in [0.2, 0.25) is 0 Å². The number of nitrogens with zero attached hydrogens (tertiary/aromatic N) is 5. The zero-order valence-electron chi connectivity index (χ0n) is 16.2. The number of benzene rings is 1. The van der Waals surface area contributed by atoms with E-state index in [0.717, 1.165) is 16.7 Å². The predicted octanol–water partition coefficient (Wildman–Crippen LogP) is 3.48. The summed E-state index contributed by atoms with van der Waals surface area (Å²) >= 11 is -1.11. The minimum atomic E-state index is -2.68. The van der Waals surface area contributed by atoms with E-state index in [1.165, 1.54) is 23.0 Å². The Morgan fingerprint density at radius 3 is 2.70 bits per heavy atom. The molecule has 1 atom stereocenters. The lowest BCUT2D eigenvalue weighted by Crippen LogP contribution is -2.21. The standard InChI is InChI=1S/C20H18F2N6OS/c1-12-13(9-26-30(2)29)4-3-5-14(12)16-8-17(25-11-24-16)18-10-23-19-7-6-15(20(21)22)27-28(18)19/h3-8,10-11,20,26H,9H2,1-2H3. The highest BCUT2D eigenvalue weighted by Gasteiger charge is 2.15. The van der Waals surface area contributed by atoms with Crippen molar-refractivity contribution in [2.45, 2.75) is 19.9 Å². The maximum absolute atomic E-state index is 13.1. The number of hydrogen-bond donors (Lipinski definition) is 1. The number of rotatable bonds is 6. The van der Waals surface area contributed by atoms with Crippen molar-refractivity contribution < 1.29 is 13.3 Å². The Balaban J connectivity index is 1.75. The summed E-state index contributed by atoms with van der Waals surface area (Å²) in [4.78, 5) is 12.9. The van der Waals surface area contributed by atoms with Crippen LogP contribution in [0.5, 0.6) is 0 Å². The van der Waals surface area contributed by atoms with Crippen molar-refractivity contribution in [1.82, 2.24) is 29.3 Å². The van der Waals surface area contributed by atoms with Crippen LogP contribution in [0.3, 0.4) is 0 Å². The molecule has 1 unspecified atom stereocenters. The van der Waals surface area contributed by atoms with Crippen LogP contribution in [-0.4, -0.2) is 35.4 Å². The van der Waals surface area contributed by atoms with Gasteiger partial charge in [-0.05, 0) is 36.2 Å². The van der Waals surface area contributed by atoms with Gasteiger partial charge in [0.15, 0.2) is 5.65 Å². The Morgan fingerprint density at radius 1 is 1.13 bits per heavy atom. The molecule has 0 aliphatic heterocycles. The van der Waals surface area contributed by atoms with E-state index in [9.17, 15) is 13.3 Å². The van der Waals surface area contributed by atoms with Gasteiger partial charge in [0.25, 0.3) is 6.43 Å². The first-order chi connectivity index (χ1) is 14.4. The van der Waals surface area contributed by atoms with Gasteiger partial charge in [0.05, 0.1) is 24.1 Å². The summed E-state index contributed by atoms with van der Waals surface area (Å²) in [5, 5.41) is 3.99. The summed E-state index contributed by atoms with van der Waals surface area (Å²) in [5.74, 6) is 0. The van der Waals surface area contributed by atoms with Crippen LogP contribution < -0.4 is 4.72 Å². The maximum Gasteiger partial charge on any atom is 0.282 e. The number of aromatic nitrogens is 5. The van der Waals surface area contributed by atoms with Gasteiger partial charge in [0.2, 0.25) is 0 Å². The van der Waals surface area contributed by atoms with Crippen LogP contribution in [0.25, 0.3) is 28.3 Å². The van der Waals surface area contributed by atoms with Crippen LogP contribution in [0.4, 0.5) is 8.78 Å². The number of halogens is 2. The van der Waals surface area contributed by atoms with Gasteiger partial charge in [-0.25, -0.2) is 28.2 Å². The molecule has 1 aromatic carbocycles. The Morgan fingerprint density at radius 2 is 1.93 bits per heavy atom. The van der Waals surface area contributed by atoms with Crippen molar-refractivity contribution in [3.8, 4) is 22.6 Å². The molecule has 0 amide bonds. The Bertz CT molecular complexity index is 1200. The number of fused-ring (bicyclic) bond motifs is 1. The van der Waals surface area contributed by atoms with E-state index in [1.807, 2.05) is 25.1 Å². The molecule has 0 spiro atoms. The molecule has 1 N–H and O–H groups in total. The third-order valence-corrected chi connectivity index (χ3v) is 5.27. The summed E-state index contributed by atoms with van der Waals surface area (Å²) < 4.78 is 41.8. The van der Waals surface area contributed by atoms with E-state index in [1.54, 1.807) is 18.5 Å². The highest BCUT2D eigenvalue weighted by Crippen LogP contribution is 2.28. The Hall–Kier alpha value is -2.95. The average Bonchev–Trinajstić information content (AvgIpc) is 3.16. The van der Waals surface area contributed by atoms with E-state index in [-0.39, 0.29) is 5.69 Å². The lowest BCUT2D eigenvalue weighted by molar-refractivity contribution is 0.144. The highest BCUT2D eigenvalue weighted by molar-refractivity contribution is 7.88. The maximum atomic E-state index is 13.1. The second kappa shape index (κ2) is 8.42. The molecule has 0 aliphatic carbocycles. The molecule has 7 nitrogen and oxygen atoms in total. The van der Waals surface area contributed by atoms with E-state index in [0.29, 0.717) is 29.3 Å². The van der Waals surface area contributed by atoms with Gasteiger partial charge in [0.1, 0.15) is 24.0 Å². The first kappa shape index (κ1) is 20.3. The van der Waals surface area contributed by atoms with Crippen LogP contribution in [0.15, 0.2) is 48.9 Å². The summed E-state index contributed by atoms with van der Waals surface area (Å²) in [6.45, 7) is 2.44. The van der Waals surface area contributed by atoms with Crippen molar-refractivity contribution >= 4 is 17.0 Å². The van der Waals surface area contributed by atoms with E-state index >= 15 is 0 Å². The molecule has 10 heteroatoms. The number of alkyl halides is 2. The lowest BCUT2D eigenvalue weighted by Gasteiger charge is -2.12. The molecule has 0 saturated carbocycles. The third kappa shape index (κ3) is 4.02.